The van der Waals surface area contributed by atoms with E-state index in [0.29, 0.717) is 17.2 Å². The van der Waals surface area contributed by atoms with Crippen LogP contribution in [0.5, 0.6) is 17.2 Å². The minimum atomic E-state index is -0.874. The summed E-state index contributed by atoms with van der Waals surface area (Å²) in [4.78, 5) is 0. The molecule has 3 nitrogen and oxygen atoms in total. The molecule has 0 N–H and O–H groups in total. The first-order chi connectivity index (χ1) is 12.8. The van der Waals surface area contributed by atoms with Gasteiger partial charge < -0.3 is 14.0 Å². The first kappa shape index (κ1) is 17.9. The van der Waals surface area contributed by atoms with Gasteiger partial charge >= 0.3 is 7.32 Å². The Labute approximate surface area is 155 Å². The van der Waals surface area contributed by atoms with Crippen LogP contribution >= 0.6 is 0 Å². The second-order valence-corrected chi connectivity index (χ2v) is 6.02. The molecule has 132 valence electrons. The van der Waals surface area contributed by atoms with Gasteiger partial charge in [0.2, 0.25) is 0 Å². The summed E-state index contributed by atoms with van der Waals surface area (Å²) >= 11 is 0. The summed E-state index contributed by atoms with van der Waals surface area (Å²) in [5, 5.41) is 0. The highest BCUT2D eigenvalue weighted by Gasteiger charge is 2.30. The molecule has 4 heteroatoms. The van der Waals surface area contributed by atoms with Crippen molar-refractivity contribution < 1.29 is 14.0 Å². The first-order valence-corrected chi connectivity index (χ1v) is 9.02. The van der Waals surface area contributed by atoms with Crippen molar-refractivity contribution in [3.05, 3.63) is 90.5 Å². The van der Waals surface area contributed by atoms with Crippen LogP contribution in [0.2, 0.25) is 0 Å². The van der Waals surface area contributed by atoms with Gasteiger partial charge in [-0.2, -0.15) is 0 Å². The average molecular weight is 346 g/mol. The number of aryl methyl sites for hydroxylation is 1. The maximum atomic E-state index is 5.94. The molecular formula is C22H23BO3. The SMILES string of the molecule is CCCCc1ccc(OB(Oc2ccccc2)Oc2ccccc2)cc1. The number of unbranched alkanes of at least 4 members (excludes halogenated alkanes) is 1. The smallest absolute Gasteiger partial charge is 0.490 e. The molecule has 0 aliphatic heterocycles. The van der Waals surface area contributed by atoms with Gasteiger partial charge in [-0.05, 0) is 54.8 Å². The summed E-state index contributed by atoms with van der Waals surface area (Å²) < 4.78 is 17.7. The summed E-state index contributed by atoms with van der Waals surface area (Å²) in [6.45, 7) is 2.20. The highest BCUT2D eigenvalue weighted by atomic mass is 16.7. The van der Waals surface area contributed by atoms with Crippen molar-refractivity contribution in [2.24, 2.45) is 0 Å². The van der Waals surface area contributed by atoms with Crippen LogP contribution in [0, 0.1) is 0 Å². The Morgan fingerprint density at radius 1 is 0.615 bits per heavy atom. The molecule has 0 aliphatic carbocycles. The molecule has 0 fully saturated rings. The van der Waals surface area contributed by atoms with Crippen molar-refractivity contribution in [1.82, 2.24) is 0 Å². The van der Waals surface area contributed by atoms with E-state index in [0.717, 1.165) is 6.42 Å². The molecule has 0 aliphatic rings. The lowest BCUT2D eigenvalue weighted by atomic mass is 10.1. The summed E-state index contributed by atoms with van der Waals surface area (Å²) in [7, 11) is -0.874. The van der Waals surface area contributed by atoms with Crippen molar-refractivity contribution in [3.8, 4) is 17.2 Å². The molecule has 0 saturated carbocycles. The second kappa shape index (κ2) is 9.57. The van der Waals surface area contributed by atoms with Gasteiger partial charge in [-0.15, -0.1) is 0 Å². The normalized spacial score (nSPS) is 10.2. The fourth-order valence-corrected chi connectivity index (χ4v) is 2.52. The summed E-state index contributed by atoms with van der Waals surface area (Å²) in [6.07, 6.45) is 3.47. The van der Waals surface area contributed by atoms with Crippen molar-refractivity contribution in [2.75, 3.05) is 0 Å². The molecule has 0 spiro atoms. The maximum Gasteiger partial charge on any atom is 0.864 e. The lowest BCUT2D eigenvalue weighted by Gasteiger charge is -2.16. The molecule has 0 saturated heterocycles. The molecule has 0 aromatic heterocycles. The van der Waals surface area contributed by atoms with Crippen molar-refractivity contribution >= 4 is 7.32 Å². The predicted molar refractivity (Wildman–Crippen MR) is 106 cm³/mol. The Hall–Kier alpha value is -2.88. The quantitative estimate of drug-likeness (QED) is 0.475. The summed E-state index contributed by atoms with van der Waals surface area (Å²) in [5.41, 5.74) is 1.31. The van der Waals surface area contributed by atoms with Crippen molar-refractivity contribution in [2.45, 2.75) is 26.2 Å². The van der Waals surface area contributed by atoms with Crippen LogP contribution in [0.1, 0.15) is 25.3 Å². The van der Waals surface area contributed by atoms with Gasteiger partial charge in [0, 0.05) is 0 Å². The first-order valence-electron chi connectivity index (χ1n) is 9.02. The molecule has 0 heterocycles. The molecule has 0 radical (unpaired) electrons. The monoisotopic (exact) mass is 346 g/mol. The standard InChI is InChI=1S/C22H23BO3/c1-2-3-10-19-15-17-22(18-16-19)26-23(24-20-11-6-4-7-12-20)25-21-13-8-5-9-14-21/h4-9,11-18H,2-3,10H2,1H3. The highest BCUT2D eigenvalue weighted by molar-refractivity contribution is 6.39. The summed E-state index contributed by atoms with van der Waals surface area (Å²) in [6, 6.07) is 27.1. The third-order valence-corrected chi connectivity index (χ3v) is 3.93. The lowest BCUT2D eigenvalue weighted by molar-refractivity contribution is 0.307. The van der Waals surface area contributed by atoms with E-state index >= 15 is 0 Å². The molecule has 3 rings (SSSR count). The van der Waals surface area contributed by atoms with Crippen LogP contribution in [0.4, 0.5) is 0 Å². The average Bonchev–Trinajstić information content (AvgIpc) is 2.69. The van der Waals surface area contributed by atoms with Crippen LogP contribution in [0.3, 0.4) is 0 Å². The van der Waals surface area contributed by atoms with Gasteiger partial charge in [0.1, 0.15) is 17.2 Å². The molecule has 0 atom stereocenters. The zero-order valence-corrected chi connectivity index (χ0v) is 15.0. The Morgan fingerprint density at radius 3 is 1.54 bits per heavy atom. The fraction of sp³-hybridized carbons (Fsp3) is 0.182. The number of rotatable bonds is 9. The minimum absolute atomic E-state index is 0.688. The predicted octanol–water partition coefficient (Wildman–Crippen LogP) is 5.55. The topological polar surface area (TPSA) is 27.7 Å². The fourth-order valence-electron chi connectivity index (χ4n) is 2.52. The maximum absolute atomic E-state index is 5.94. The van der Waals surface area contributed by atoms with E-state index in [2.05, 4.69) is 19.1 Å². The largest absolute Gasteiger partial charge is 0.864 e. The summed E-state index contributed by atoms with van der Waals surface area (Å²) in [5.74, 6) is 2.09. The van der Waals surface area contributed by atoms with Crippen LogP contribution in [-0.4, -0.2) is 7.32 Å². The van der Waals surface area contributed by atoms with Gasteiger partial charge in [-0.1, -0.05) is 61.9 Å². The van der Waals surface area contributed by atoms with Gasteiger partial charge in [0.15, 0.2) is 0 Å². The van der Waals surface area contributed by atoms with Crippen LogP contribution in [0.15, 0.2) is 84.9 Å². The Balaban J connectivity index is 1.70. The zero-order valence-electron chi connectivity index (χ0n) is 15.0. The van der Waals surface area contributed by atoms with Gasteiger partial charge in [0.05, 0.1) is 0 Å². The third kappa shape index (κ3) is 5.59. The molecule has 3 aromatic carbocycles. The van der Waals surface area contributed by atoms with Crippen LogP contribution < -0.4 is 14.0 Å². The van der Waals surface area contributed by atoms with Crippen LogP contribution in [-0.2, 0) is 6.42 Å². The van der Waals surface area contributed by atoms with E-state index in [-0.39, 0.29) is 0 Å². The number of hydrogen-bond acceptors (Lipinski definition) is 3. The minimum Gasteiger partial charge on any atom is -0.490 e. The van der Waals surface area contributed by atoms with E-state index in [1.165, 1.54) is 18.4 Å². The van der Waals surface area contributed by atoms with Gasteiger partial charge in [-0.3, -0.25) is 0 Å². The van der Waals surface area contributed by atoms with Gasteiger partial charge in [0.25, 0.3) is 0 Å². The Kier molecular flexibility index (Phi) is 6.60. The molecule has 0 bridgehead atoms. The third-order valence-electron chi connectivity index (χ3n) is 3.93. The molecule has 3 aromatic rings. The number of benzene rings is 3. The molecule has 0 amide bonds. The van der Waals surface area contributed by atoms with Crippen molar-refractivity contribution in [1.29, 1.82) is 0 Å². The molecular weight excluding hydrogens is 323 g/mol. The van der Waals surface area contributed by atoms with Gasteiger partial charge in [-0.25, -0.2) is 0 Å². The Bertz CT molecular complexity index is 719. The van der Waals surface area contributed by atoms with Crippen LogP contribution in [0.25, 0.3) is 0 Å². The van der Waals surface area contributed by atoms with E-state index in [9.17, 15) is 0 Å². The zero-order chi connectivity index (χ0) is 18.0. The van der Waals surface area contributed by atoms with E-state index in [1.807, 2.05) is 72.8 Å². The molecule has 0 unspecified atom stereocenters. The highest BCUT2D eigenvalue weighted by Crippen LogP contribution is 2.19. The van der Waals surface area contributed by atoms with E-state index < -0.39 is 7.32 Å². The van der Waals surface area contributed by atoms with E-state index in [1.54, 1.807) is 0 Å². The molecule has 26 heavy (non-hydrogen) atoms. The number of hydrogen-bond donors (Lipinski definition) is 0. The second-order valence-electron chi connectivity index (χ2n) is 6.02. The number of para-hydroxylation sites is 2. The van der Waals surface area contributed by atoms with Crippen molar-refractivity contribution in [3.63, 3.8) is 0 Å². The lowest BCUT2D eigenvalue weighted by Crippen LogP contribution is -2.36. The van der Waals surface area contributed by atoms with E-state index in [4.69, 9.17) is 14.0 Å². The Morgan fingerprint density at radius 2 is 1.08 bits per heavy atom.